The Morgan fingerprint density at radius 2 is 1.82 bits per heavy atom. The molecule has 1 aliphatic carbocycles. The predicted octanol–water partition coefficient (Wildman–Crippen LogP) is 3.16. The molecule has 33 heavy (non-hydrogen) atoms. The van der Waals surface area contributed by atoms with Crippen molar-refractivity contribution in [2.24, 2.45) is 0 Å². The summed E-state index contributed by atoms with van der Waals surface area (Å²) in [5, 5.41) is 20.7. The molecule has 0 unspecified atom stereocenters. The van der Waals surface area contributed by atoms with E-state index >= 15 is 0 Å². The molecule has 2 aromatic rings. The van der Waals surface area contributed by atoms with Crippen LogP contribution in [-0.2, 0) is 6.54 Å². The van der Waals surface area contributed by atoms with E-state index in [1.54, 1.807) is 0 Å². The van der Waals surface area contributed by atoms with Crippen LogP contribution >= 0.6 is 0 Å². The highest BCUT2D eigenvalue weighted by Crippen LogP contribution is 2.42. The molecule has 3 heterocycles. The first-order chi connectivity index (χ1) is 16.1. The van der Waals surface area contributed by atoms with Crippen LogP contribution in [0.4, 0.5) is 0 Å². The van der Waals surface area contributed by atoms with Gasteiger partial charge in [-0.25, -0.2) is 0 Å². The van der Waals surface area contributed by atoms with Gasteiger partial charge in [-0.2, -0.15) is 0 Å². The summed E-state index contributed by atoms with van der Waals surface area (Å²) in [7, 11) is 0. The predicted molar refractivity (Wildman–Crippen MR) is 130 cm³/mol. The van der Waals surface area contributed by atoms with Gasteiger partial charge in [-0.05, 0) is 80.9 Å². The molecule has 5 rings (SSSR count). The van der Waals surface area contributed by atoms with E-state index in [1.807, 2.05) is 18.5 Å². The van der Waals surface area contributed by atoms with Gasteiger partial charge in [0.25, 0.3) is 0 Å². The molecule has 3 aliphatic rings. The number of nitrogens with zero attached hydrogens (tertiary/aromatic N) is 3. The number of rotatable bonds is 4. The average molecular weight is 446 g/mol. The van der Waals surface area contributed by atoms with Crippen molar-refractivity contribution in [3.05, 3.63) is 65.5 Å². The van der Waals surface area contributed by atoms with Crippen LogP contribution in [0, 0.1) is 11.8 Å². The average Bonchev–Trinajstić information content (AvgIpc) is 3.26. The maximum atomic E-state index is 10.5. The molecule has 0 spiro atoms. The maximum Gasteiger partial charge on any atom is 0.125 e. The Bertz CT molecular complexity index is 976. The fraction of sp³-hybridized carbons (Fsp3) is 0.536. The van der Waals surface area contributed by atoms with Gasteiger partial charge in [0.1, 0.15) is 5.60 Å². The van der Waals surface area contributed by atoms with E-state index in [4.69, 9.17) is 0 Å². The maximum absolute atomic E-state index is 10.5. The fourth-order valence-electron chi connectivity index (χ4n) is 5.97. The number of fused-ring (bicyclic) bond motifs is 1. The van der Waals surface area contributed by atoms with Crippen molar-refractivity contribution < 1.29 is 10.2 Å². The summed E-state index contributed by atoms with van der Waals surface area (Å²) < 4.78 is 0. The second-order valence-electron chi connectivity index (χ2n) is 10.00. The molecule has 0 radical (unpaired) electrons. The largest absolute Gasteiger partial charge is 0.395 e. The summed E-state index contributed by atoms with van der Waals surface area (Å²) in [4.78, 5) is 9.35. The standard InChI is InChI=1S/C28H35N3O2/c32-21-26-27(24-9-7-22(8-10-24)11-14-28(33)12-1-2-13-28)25-20-30(16-3-4-17-31(25)26)19-23-6-5-15-29-18-23/h5-10,15,18,25-27,32-33H,1-4,12-13,16-17,19-21H2/t25-,26+,27-/m0/s1. The van der Waals surface area contributed by atoms with Crippen molar-refractivity contribution in [3.63, 3.8) is 0 Å². The molecule has 2 aliphatic heterocycles. The van der Waals surface area contributed by atoms with Crippen molar-refractivity contribution in [2.75, 3.05) is 26.2 Å². The van der Waals surface area contributed by atoms with Crippen LogP contribution in [0.15, 0.2) is 48.8 Å². The van der Waals surface area contributed by atoms with Gasteiger partial charge < -0.3 is 10.2 Å². The van der Waals surface area contributed by atoms with Crippen LogP contribution in [0.1, 0.15) is 61.1 Å². The van der Waals surface area contributed by atoms with Gasteiger partial charge >= 0.3 is 0 Å². The fourth-order valence-corrected chi connectivity index (χ4v) is 5.97. The number of hydrogen-bond acceptors (Lipinski definition) is 5. The Kier molecular flexibility index (Phi) is 6.80. The minimum Gasteiger partial charge on any atom is -0.395 e. The van der Waals surface area contributed by atoms with Gasteiger partial charge in [0.05, 0.1) is 6.61 Å². The molecule has 2 N–H and O–H groups in total. The summed E-state index contributed by atoms with van der Waals surface area (Å²) in [6.07, 6.45) is 9.83. The van der Waals surface area contributed by atoms with Gasteiger partial charge in [-0.15, -0.1) is 0 Å². The number of benzene rings is 1. The first-order valence-corrected chi connectivity index (χ1v) is 12.5. The number of aromatic nitrogens is 1. The van der Waals surface area contributed by atoms with Crippen molar-refractivity contribution in [3.8, 4) is 11.8 Å². The van der Waals surface area contributed by atoms with E-state index in [2.05, 4.69) is 57.0 Å². The van der Waals surface area contributed by atoms with E-state index in [0.717, 1.165) is 57.4 Å². The SMILES string of the molecule is OC[C@@H]1[C@@H](c2ccc(C#CC3(O)CCCC3)cc2)[C@@H]2CN(Cc3cccnc3)CCCCN12. The van der Waals surface area contributed by atoms with Gasteiger partial charge in [0.15, 0.2) is 0 Å². The summed E-state index contributed by atoms with van der Waals surface area (Å²) in [6.45, 7) is 4.29. The van der Waals surface area contributed by atoms with Crippen LogP contribution in [0.25, 0.3) is 0 Å². The number of aliphatic hydroxyl groups is 2. The summed E-state index contributed by atoms with van der Waals surface area (Å²) >= 11 is 0. The Hall–Kier alpha value is -2.23. The minimum absolute atomic E-state index is 0.185. The van der Waals surface area contributed by atoms with E-state index in [0.29, 0.717) is 12.0 Å². The molecular weight excluding hydrogens is 410 g/mol. The Balaban J connectivity index is 1.31. The molecule has 5 nitrogen and oxygen atoms in total. The topological polar surface area (TPSA) is 59.8 Å². The zero-order valence-electron chi connectivity index (χ0n) is 19.4. The minimum atomic E-state index is -0.800. The summed E-state index contributed by atoms with van der Waals surface area (Å²) in [5.41, 5.74) is 2.69. The van der Waals surface area contributed by atoms with Crippen molar-refractivity contribution in [1.29, 1.82) is 0 Å². The zero-order chi connectivity index (χ0) is 22.7. The Morgan fingerprint density at radius 3 is 2.55 bits per heavy atom. The van der Waals surface area contributed by atoms with Gasteiger partial charge in [0, 0.05) is 49.0 Å². The number of aliphatic hydroxyl groups excluding tert-OH is 1. The molecule has 5 heteroatoms. The van der Waals surface area contributed by atoms with Gasteiger partial charge in [-0.1, -0.05) is 30.0 Å². The smallest absolute Gasteiger partial charge is 0.125 e. The van der Waals surface area contributed by atoms with E-state index < -0.39 is 5.60 Å². The summed E-state index contributed by atoms with van der Waals surface area (Å²) in [6, 6.07) is 13.3. The molecule has 2 saturated heterocycles. The second-order valence-corrected chi connectivity index (χ2v) is 10.00. The molecule has 174 valence electrons. The highest BCUT2D eigenvalue weighted by molar-refractivity contribution is 5.40. The molecule has 3 atom stereocenters. The molecule has 1 aromatic heterocycles. The van der Waals surface area contributed by atoms with Gasteiger partial charge in [-0.3, -0.25) is 14.8 Å². The van der Waals surface area contributed by atoms with Crippen LogP contribution in [-0.4, -0.2) is 68.9 Å². The summed E-state index contributed by atoms with van der Waals surface area (Å²) in [5.74, 6) is 6.62. The molecular formula is C28H35N3O2. The molecule has 1 aromatic carbocycles. The normalized spacial score (nSPS) is 27.5. The van der Waals surface area contributed by atoms with E-state index in [1.165, 1.54) is 24.0 Å². The first-order valence-electron chi connectivity index (χ1n) is 12.5. The van der Waals surface area contributed by atoms with Crippen molar-refractivity contribution in [2.45, 2.75) is 68.7 Å². The first kappa shape index (κ1) is 22.6. The Morgan fingerprint density at radius 1 is 1.03 bits per heavy atom. The van der Waals surface area contributed by atoms with Crippen LogP contribution in [0.5, 0.6) is 0 Å². The quantitative estimate of drug-likeness (QED) is 0.708. The number of pyridine rings is 1. The number of hydrogen-bond donors (Lipinski definition) is 2. The highest BCUT2D eigenvalue weighted by atomic mass is 16.3. The van der Waals surface area contributed by atoms with Crippen molar-refractivity contribution in [1.82, 2.24) is 14.8 Å². The van der Waals surface area contributed by atoms with Crippen LogP contribution < -0.4 is 0 Å². The van der Waals surface area contributed by atoms with Crippen LogP contribution in [0.3, 0.4) is 0 Å². The molecule has 3 fully saturated rings. The monoisotopic (exact) mass is 445 g/mol. The lowest BCUT2D eigenvalue weighted by Crippen LogP contribution is -2.67. The second kappa shape index (κ2) is 9.95. The zero-order valence-corrected chi connectivity index (χ0v) is 19.4. The van der Waals surface area contributed by atoms with Crippen molar-refractivity contribution >= 4 is 0 Å². The van der Waals surface area contributed by atoms with E-state index in [9.17, 15) is 10.2 Å². The van der Waals surface area contributed by atoms with Gasteiger partial charge in [0.2, 0.25) is 0 Å². The van der Waals surface area contributed by atoms with Crippen LogP contribution in [0.2, 0.25) is 0 Å². The molecule has 1 saturated carbocycles. The third kappa shape index (κ3) is 5.00. The highest BCUT2D eigenvalue weighted by Gasteiger charge is 2.49. The Labute approximate surface area is 197 Å². The lowest BCUT2D eigenvalue weighted by molar-refractivity contribution is -0.0655. The third-order valence-corrected chi connectivity index (χ3v) is 7.75. The third-order valence-electron chi connectivity index (χ3n) is 7.75. The lowest BCUT2D eigenvalue weighted by Gasteiger charge is -2.57. The molecule has 0 amide bonds. The molecule has 0 bridgehead atoms. The lowest BCUT2D eigenvalue weighted by atomic mass is 9.74. The van der Waals surface area contributed by atoms with E-state index in [-0.39, 0.29) is 12.6 Å².